The average Bonchev–Trinajstić information content (AvgIpc) is 1.81. The van der Waals surface area contributed by atoms with Crippen LogP contribution in [0.5, 0.6) is 0 Å². The summed E-state index contributed by atoms with van der Waals surface area (Å²) in [4.78, 5) is 18.4. The molecule has 14 heavy (non-hydrogen) atoms. The van der Waals surface area contributed by atoms with Crippen molar-refractivity contribution in [1.82, 2.24) is 0 Å². The van der Waals surface area contributed by atoms with Crippen LogP contribution in [0.4, 0.5) is 18.0 Å². The van der Waals surface area contributed by atoms with Gasteiger partial charge in [0.15, 0.2) is 0 Å². The van der Waals surface area contributed by atoms with Crippen LogP contribution in [0.25, 0.3) is 0 Å². The first-order chi connectivity index (χ1) is 6.07. The van der Waals surface area contributed by atoms with E-state index in [2.05, 4.69) is 10.1 Å². The zero-order chi connectivity index (χ0) is 11.9. The lowest BCUT2D eigenvalue weighted by molar-refractivity contribution is -0.192. The highest BCUT2D eigenvalue weighted by atomic mass is 32.2. The number of alkyl halides is 3. The minimum absolute atomic E-state index is 1.20. The molecule has 3 N–H and O–H groups in total. The van der Waals surface area contributed by atoms with E-state index in [-0.39, 0.29) is 0 Å². The molecule has 0 fully saturated rings. The summed E-state index contributed by atoms with van der Waals surface area (Å²) in [6, 6.07) is -1.20. The fourth-order valence-corrected chi connectivity index (χ4v) is 0.220. The number of hydrogen-bond donors (Lipinski definition) is 2. The highest BCUT2D eigenvalue weighted by Crippen LogP contribution is 2.13. The van der Waals surface area contributed by atoms with Gasteiger partial charge >= 0.3 is 28.7 Å². The molecule has 0 heterocycles. The van der Waals surface area contributed by atoms with Gasteiger partial charge in [-0.25, -0.2) is 9.59 Å². The van der Waals surface area contributed by atoms with Crippen LogP contribution in [-0.4, -0.2) is 31.7 Å². The Balaban J connectivity index is 0. The van der Waals surface area contributed by atoms with Crippen LogP contribution >= 0.6 is 0 Å². The van der Waals surface area contributed by atoms with Crippen molar-refractivity contribution < 1.29 is 36.3 Å². The standard InChI is InChI=1S/C2HF3O2.CH2N2O3S/c3-2(4,5)1(6)7;2-1(4)3-7(5)6/h(H,6,7);(H2,2,4). The van der Waals surface area contributed by atoms with E-state index in [1.165, 1.54) is 0 Å². The molecule has 0 aromatic carbocycles. The summed E-state index contributed by atoms with van der Waals surface area (Å²) in [6.07, 6.45) is -5.08. The quantitative estimate of drug-likeness (QED) is 0.600. The molecular formula is C3H3F3N2O5S. The fraction of sp³-hybridized carbons (Fsp3) is 0.333. The number of nitrogens with zero attached hydrogens (tertiary/aromatic N) is 1. The van der Waals surface area contributed by atoms with Gasteiger partial charge < -0.3 is 10.8 Å². The summed E-state index contributed by atoms with van der Waals surface area (Å²) in [6.45, 7) is 0. The van der Waals surface area contributed by atoms with Crippen LogP contribution in [0.15, 0.2) is 4.36 Å². The molecule has 7 nitrogen and oxygen atoms in total. The molecule has 0 bridgehead atoms. The number of carboxylic acids is 1. The zero-order valence-corrected chi connectivity index (χ0v) is 6.96. The first-order valence-electron chi connectivity index (χ1n) is 2.48. The third kappa shape index (κ3) is 13.0. The molecule has 82 valence electrons. The number of nitrogens with two attached hydrogens (primary N) is 1. The SMILES string of the molecule is NC(=O)N=S(=O)=O.O=C(O)C(F)(F)F. The van der Waals surface area contributed by atoms with Crippen molar-refractivity contribution in [2.75, 3.05) is 0 Å². The number of carbonyl (C=O) groups is 2. The number of rotatable bonds is 0. The van der Waals surface area contributed by atoms with Gasteiger partial charge in [-0.15, -0.1) is 0 Å². The Labute approximate surface area is 76.0 Å². The summed E-state index contributed by atoms with van der Waals surface area (Å²) >= 11 is 0. The van der Waals surface area contributed by atoms with Crippen LogP contribution in [0.3, 0.4) is 0 Å². The van der Waals surface area contributed by atoms with Gasteiger partial charge in [0.05, 0.1) is 0 Å². The van der Waals surface area contributed by atoms with E-state index < -0.39 is 28.7 Å². The number of hydrogen-bond acceptors (Lipinski definition) is 4. The zero-order valence-electron chi connectivity index (χ0n) is 6.15. The minimum atomic E-state index is -5.08. The van der Waals surface area contributed by atoms with Crippen LogP contribution in [0.1, 0.15) is 0 Å². The molecule has 0 aliphatic heterocycles. The highest BCUT2D eigenvalue weighted by Gasteiger charge is 2.38. The molecule has 0 saturated heterocycles. The highest BCUT2D eigenvalue weighted by molar-refractivity contribution is 7.62. The topological polar surface area (TPSA) is 127 Å². The van der Waals surface area contributed by atoms with Gasteiger partial charge in [-0.05, 0) is 0 Å². The Hall–Kier alpha value is -1.65. The van der Waals surface area contributed by atoms with Crippen LogP contribution < -0.4 is 5.73 Å². The lowest BCUT2D eigenvalue weighted by Crippen LogP contribution is -2.21. The molecule has 0 rings (SSSR count). The average molecular weight is 236 g/mol. The van der Waals surface area contributed by atoms with Gasteiger partial charge in [-0.1, -0.05) is 4.36 Å². The van der Waals surface area contributed by atoms with Crippen molar-refractivity contribution in [3.05, 3.63) is 0 Å². The molecule has 11 heteroatoms. The smallest absolute Gasteiger partial charge is 0.475 e. The number of halogens is 3. The molecule has 0 aliphatic carbocycles. The number of amides is 2. The number of primary amides is 1. The van der Waals surface area contributed by atoms with Crippen molar-refractivity contribution in [3.63, 3.8) is 0 Å². The molecule has 0 unspecified atom stereocenters. The summed E-state index contributed by atoms with van der Waals surface area (Å²) in [5, 5.41) is 7.12. The number of urea groups is 1. The van der Waals surface area contributed by atoms with Crippen molar-refractivity contribution in [1.29, 1.82) is 0 Å². The van der Waals surface area contributed by atoms with Crippen molar-refractivity contribution in [2.45, 2.75) is 6.18 Å². The summed E-state index contributed by atoms with van der Waals surface area (Å²) in [7, 11) is -2.70. The van der Waals surface area contributed by atoms with E-state index >= 15 is 0 Å². The van der Waals surface area contributed by atoms with Gasteiger partial charge in [-0.3, -0.25) is 0 Å². The molecule has 2 amide bonds. The monoisotopic (exact) mass is 236 g/mol. The maximum absolute atomic E-state index is 10.6. The van der Waals surface area contributed by atoms with Gasteiger partial charge in [0.1, 0.15) is 0 Å². The van der Waals surface area contributed by atoms with Gasteiger partial charge in [0.25, 0.3) is 0 Å². The third-order valence-electron chi connectivity index (χ3n) is 0.407. The summed E-state index contributed by atoms with van der Waals surface area (Å²) < 4.78 is 52.8. The Kier molecular flexibility index (Phi) is 6.26. The fourth-order valence-electron chi connectivity index (χ4n) is 0.0735. The molecule has 0 aromatic heterocycles. The second-order valence-electron chi connectivity index (χ2n) is 1.45. The van der Waals surface area contributed by atoms with E-state index in [1.807, 2.05) is 0 Å². The summed E-state index contributed by atoms with van der Waals surface area (Å²) in [5.41, 5.74) is 4.29. The van der Waals surface area contributed by atoms with E-state index in [0.717, 1.165) is 0 Å². The first-order valence-corrected chi connectivity index (χ1v) is 3.51. The summed E-state index contributed by atoms with van der Waals surface area (Å²) in [5.74, 6) is -2.76. The molecule has 0 atom stereocenters. The lowest BCUT2D eigenvalue weighted by Gasteiger charge is -1.93. The predicted molar refractivity (Wildman–Crippen MR) is 34.6 cm³/mol. The van der Waals surface area contributed by atoms with Crippen LogP contribution in [0.2, 0.25) is 0 Å². The normalized spacial score (nSPS) is 9.36. The maximum Gasteiger partial charge on any atom is 0.490 e. The van der Waals surface area contributed by atoms with E-state index in [4.69, 9.17) is 9.90 Å². The molecule has 0 aromatic rings. The number of carboxylic acid groups (broad SMARTS) is 1. The van der Waals surface area contributed by atoms with Crippen molar-refractivity contribution in [2.24, 2.45) is 10.1 Å². The van der Waals surface area contributed by atoms with E-state index in [9.17, 15) is 26.4 Å². The van der Waals surface area contributed by atoms with Gasteiger partial charge in [0, 0.05) is 0 Å². The van der Waals surface area contributed by atoms with E-state index in [1.54, 1.807) is 0 Å². The number of carbonyl (C=O) groups excluding carboxylic acids is 1. The number of aliphatic carboxylic acids is 1. The Morgan fingerprint density at radius 2 is 1.57 bits per heavy atom. The van der Waals surface area contributed by atoms with Gasteiger partial charge in [0.2, 0.25) is 0 Å². The van der Waals surface area contributed by atoms with Crippen molar-refractivity contribution in [3.8, 4) is 0 Å². The second kappa shape index (κ2) is 5.90. The molecule has 0 radical (unpaired) electrons. The molecule has 0 aliphatic rings. The van der Waals surface area contributed by atoms with E-state index in [0.29, 0.717) is 0 Å². The minimum Gasteiger partial charge on any atom is -0.475 e. The third-order valence-corrected chi connectivity index (χ3v) is 0.736. The maximum atomic E-state index is 10.6. The van der Waals surface area contributed by atoms with Gasteiger partial charge in [-0.2, -0.15) is 21.6 Å². The predicted octanol–water partition coefficient (Wildman–Crippen LogP) is -0.239. The Morgan fingerprint density at radius 1 is 1.29 bits per heavy atom. The molecule has 0 saturated carbocycles. The van der Waals surface area contributed by atoms with Crippen molar-refractivity contribution >= 4 is 22.5 Å². The molecular weight excluding hydrogens is 233 g/mol. The Bertz CT molecular complexity index is 336. The van der Waals surface area contributed by atoms with Crippen LogP contribution in [0, 0.1) is 0 Å². The lowest BCUT2D eigenvalue weighted by atomic mass is 10.7. The second-order valence-corrected chi connectivity index (χ2v) is 2.07. The Morgan fingerprint density at radius 3 is 1.57 bits per heavy atom. The largest absolute Gasteiger partial charge is 0.490 e. The first kappa shape index (κ1) is 14.9. The van der Waals surface area contributed by atoms with Crippen LogP contribution in [-0.2, 0) is 15.3 Å². The molecule has 0 spiro atoms.